The first-order valence-corrected chi connectivity index (χ1v) is 8.41. The van der Waals surface area contributed by atoms with Gasteiger partial charge in [-0.2, -0.15) is 9.50 Å². The van der Waals surface area contributed by atoms with Crippen LogP contribution in [0.2, 0.25) is 0 Å². The largest absolute Gasteiger partial charge is 0.486 e. The van der Waals surface area contributed by atoms with Gasteiger partial charge in [-0.15, -0.1) is 0 Å². The van der Waals surface area contributed by atoms with Gasteiger partial charge in [0.05, 0.1) is 10.2 Å². The Morgan fingerprint density at radius 3 is 2.60 bits per heavy atom. The standard InChI is InChI=1S/C18H13BrN4O2/c19-14-8-4-5-9-15(14)25-11-13-10-16(24)23-18(20-13)21-17(22-23)12-6-2-1-3-7-12/h1-10H,11H2,(H,20,21,22). The molecule has 0 unspecified atom stereocenters. The minimum atomic E-state index is -0.231. The summed E-state index contributed by atoms with van der Waals surface area (Å²) in [4.78, 5) is 21.1. The molecular formula is C18H13BrN4O2. The number of rotatable bonds is 4. The third-order valence-electron chi connectivity index (χ3n) is 3.64. The zero-order chi connectivity index (χ0) is 17.2. The van der Waals surface area contributed by atoms with Gasteiger partial charge in [-0.3, -0.25) is 9.89 Å². The van der Waals surface area contributed by atoms with Crippen LogP contribution < -0.4 is 10.3 Å². The number of H-pyrrole nitrogens is 1. The fourth-order valence-corrected chi connectivity index (χ4v) is 2.84. The van der Waals surface area contributed by atoms with E-state index in [-0.39, 0.29) is 12.2 Å². The highest BCUT2D eigenvalue weighted by Gasteiger charge is 2.10. The molecule has 0 amide bonds. The molecule has 7 heteroatoms. The fraction of sp³-hybridized carbons (Fsp3) is 0.0556. The second-order valence-corrected chi connectivity index (χ2v) is 6.23. The van der Waals surface area contributed by atoms with Gasteiger partial charge in [-0.25, -0.2) is 4.98 Å². The van der Waals surface area contributed by atoms with Gasteiger partial charge in [0.15, 0.2) is 5.82 Å². The molecule has 2 aromatic carbocycles. The lowest BCUT2D eigenvalue weighted by atomic mass is 10.2. The molecule has 4 aromatic rings. The van der Waals surface area contributed by atoms with Gasteiger partial charge >= 0.3 is 0 Å². The Morgan fingerprint density at radius 2 is 1.80 bits per heavy atom. The van der Waals surface area contributed by atoms with Crippen molar-refractivity contribution in [3.05, 3.63) is 81.2 Å². The minimum Gasteiger partial charge on any atom is -0.486 e. The van der Waals surface area contributed by atoms with Crippen LogP contribution in [0.25, 0.3) is 17.2 Å². The molecule has 0 aliphatic heterocycles. The molecule has 0 saturated carbocycles. The predicted octanol–water partition coefficient (Wildman–Crippen LogP) is 3.43. The fourth-order valence-electron chi connectivity index (χ4n) is 2.44. The predicted molar refractivity (Wildman–Crippen MR) is 97.5 cm³/mol. The van der Waals surface area contributed by atoms with Crippen molar-refractivity contribution in [1.82, 2.24) is 19.6 Å². The van der Waals surface area contributed by atoms with E-state index in [1.807, 2.05) is 54.6 Å². The van der Waals surface area contributed by atoms with Crippen molar-refractivity contribution in [3.63, 3.8) is 0 Å². The van der Waals surface area contributed by atoms with Crippen LogP contribution in [0.3, 0.4) is 0 Å². The molecule has 124 valence electrons. The average molecular weight is 397 g/mol. The van der Waals surface area contributed by atoms with E-state index in [0.29, 0.717) is 23.0 Å². The van der Waals surface area contributed by atoms with E-state index in [4.69, 9.17) is 4.74 Å². The Hall–Kier alpha value is -2.93. The molecule has 4 rings (SSSR count). The van der Waals surface area contributed by atoms with Gasteiger partial charge in [0, 0.05) is 11.6 Å². The summed E-state index contributed by atoms with van der Waals surface area (Å²) in [7, 11) is 0. The highest BCUT2D eigenvalue weighted by atomic mass is 79.9. The molecule has 2 heterocycles. The van der Waals surface area contributed by atoms with Crippen molar-refractivity contribution in [2.24, 2.45) is 0 Å². The molecule has 1 N–H and O–H groups in total. The summed E-state index contributed by atoms with van der Waals surface area (Å²) in [6, 6.07) is 18.5. The normalized spacial score (nSPS) is 10.9. The minimum absolute atomic E-state index is 0.182. The van der Waals surface area contributed by atoms with E-state index in [2.05, 4.69) is 31.0 Å². The number of halogens is 1. The van der Waals surface area contributed by atoms with E-state index in [1.165, 1.54) is 10.6 Å². The molecule has 0 bridgehead atoms. The summed E-state index contributed by atoms with van der Waals surface area (Å²) in [6.07, 6.45) is 0. The molecule has 6 nitrogen and oxygen atoms in total. The molecule has 0 atom stereocenters. The number of ether oxygens (including phenoxy) is 1. The van der Waals surface area contributed by atoms with Gasteiger partial charge < -0.3 is 4.74 Å². The van der Waals surface area contributed by atoms with Crippen LogP contribution in [0.4, 0.5) is 0 Å². The molecule has 2 aromatic heterocycles. The van der Waals surface area contributed by atoms with Crippen LogP contribution in [0.5, 0.6) is 5.75 Å². The Labute approximate surface area is 151 Å². The van der Waals surface area contributed by atoms with E-state index in [0.717, 1.165) is 10.0 Å². The van der Waals surface area contributed by atoms with Gasteiger partial charge in [0.1, 0.15) is 12.4 Å². The monoisotopic (exact) mass is 396 g/mol. The zero-order valence-corrected chi connectivity index (χ0v) is 14.6. The lowest BCUT2D eigenvalue weighted by Gasteiger charge is -2.07. The lowest BCUT2D eigenvalue weighted by Crippen LogP contribution is -2.16. The van der Waals surface area contributed by atoms with Crippen LogP contribution in [-0.4, -0.2) is 19.6 Å². The summed E-state index contributed by atoms with van der Waals surface area (Å²) in [5.74, 6) is 1.60. The number of aromatic nitrogens is 4. The third kappa shape index (κ3) is 3.18. The van der Waals surface area contributed by atoms with E-state index < -0.39 is 0 Å². The van der Waals surface area contributed by atoms with Crippen molar-refractivity contribution in [2.75, 3.05) is 0 Å². The smallest absolute Gasteiger partial charge is 0.274 e. The molecular weight excluding hydrogens is 384 g/mol. The molecule has 0 saturated heterocycles. The summed E-state index contributed by atoms with van der Waals surface area (Å²) >= 11 is 3.42. The van der Waals surface area contributed by atoms with Crippen molar-refractivity contribution in [2.45, 2.75) is 6.61 Å². The SMILES string of the molecule is O=c1cc(COc2ccccc2Br)nc2nc(-c3ccccc3)[nH]n12. The third-order valence-corrected chi connectivity index (χ3v) is 4.30. The second kappa shape index (κ2) is 6.52. The van der Waals surface area contributed by atoms with Crippen molar-refractivity contribution < 1.29 is 4.74 Å². The number of hydrogen-bond acceptors (Lipinski definition) is 4. The first-order chi connectivity index (χ1) is 12.2. The lowest BCUT2D eigenvalue weighted by molar-refractivity contribution is 0.299. The molecule has 0 radical (unpaired) electrons. The maximum Gasteiger partial charge on any atom is 0.274 e. The number of para-hydroxylation sites is 1. The van der Waals surface area contributed by atoms with E-state index in [9.17, 15) is 4.79 Å². The van der Waals surface area contributed by atoms with Gasteiger partial charge in [-0.1, -0.05) is 42.5 Å². The van der Waals surface area contributed by atoms with Gasteiger partial charge in [0.25, 0.3) is 11.3 Å². The number of hydrogen-bond donors (Lipinski definition) is 1. The molecule has 0 spiro atoms. The van der Waals surface area contributed by atoms with Gasteiger partial charge in [0.2, 0.25) is 0 Å². The Bertz CT molecular complexity index is 1090. The van der Waals surface area contributed by atoms with E-state index >= 15 is 0 Å². The van der Waals surface area contributed by atoms with Gasteiger partial charge in [-0.05, 0) is 28.1 Å². The number of nitrogens with one attached hydrogen (secondary N) is 1. The highest BCUT2D eigenvalue weighted by molar-refractivity contribution is 9.10. The maximum absolute atomic E-state index is 12.3. The van der Waals surface area contributed by atoms with Crippen molar-refractivity contribution in [3.8, 4) is 17.1 Å². The molecule has 0 aliphatic carbocycles. The Morgan fingerprint density at radius 1 is 1.04 bits per heavy atom. The quantitative estimate of drug-likeness (QED) is 0.573. The summed E-state index contributed by atoms with van der Waals surface area (Å²) in [6.45, 7) is 0.182. The summed E-state index contributed by atoms with van der Waals surface area (Å²) < 4.78 is 7.89. The summed E-state index contributed by atoms with van der Waals surface area (Å²) in [5, 5.41) is 2.97. The number of benzene rings is 2. The Balaban J connectivity index is 1.65. The second-order valence-electron chi connectivity index (χ2n) is 5.38. The summed E-state index contributed by atoms with van der Waals surface area (Å²) in [5.41, 5.74) is 1.18. The molecule has 0 aliphatic rings. The van der Waals surface area contributed by atoms with Crippen LogP contribution >= 0.6 is 15.9 Å². The first kappa shape index (κ1) is 15.6. The van der Waals surface area contributed by atoms with Crippen LogP contribution in [0.15, 0.2) is 69.9 Å². The molecule has 0 fully saturated rings. The number of aromatic amines is 1. The topological polar surface area (TPSA) is 72.3 Å². The zero-order valence-electron chi connectivity index (χ0n) is 13.0. The Kier molecular flexibility index (Phi) is 4.07. The van der Waals surface area contributed by atoms with E-state index in [1.54, 1.807) is 0 Å². The van der Waals surface area contributed by atoms with Crippen molar-refractivity contribution >= 4 is 21.7 Å². The van der Waals surface area contributed by atoms with Crippen molar-refractivity contribution in [1.29, 1.82) is 0 Å². The number of fused-ring (bicyclic) bond motifs is 1. The highest BCUT2D eigenvalue weighted by Crippen LogP contribution is 2.24. The first-order valence-electron chi connectivity index (χ1n) is 7.62. The van der Waals surface area contributed by atoms with Crippen LogP contribution in [0.1, 0.15) is 5.69 Å². The maximum atomic E-state index is 12.3. The van der Waals surface area contributed by atoms with Crippen LogP contribution in [-0.2, 0) is 6.61 Å². The average Bonchev–Trinajstić information content (AvgIpc) is 3.07. The number of nitrogens with zero attached hydrogens (tertiary/aromatic N) is 3. The van der Waals surface area contributed by atoms with Crippen LogP contribution in [0, 0.1) is 0 Å². The molecule has 25 heavy (non-hydrogen) atoms.